The molecule has 0 aliphatic rings. The van der Waals surface area contributed by atoms with E-state index in [1.807, 2.05) is 6.92 Å². The zero-order chi connectivity index (χ0) is 13.1. The number of aryl methyl sites for hydroxylation is 1. The van der Waals surface area contributed by atoms with E-state index in [2.05, 4.69) is 10.1 Å². The van der Waals surface area contributed by atoms with Crippen LogP contribution < -0.4 is 0 Å². The number of nitrogens with zero attached hydrogens (tertiary/aromatic N) is 3. The molecule has 0 aromatic carbocycles. The molecule has 0 atom stereocenters. The van der Waals surface area contributed by atoms with Crippen LogP contribution in [0.25, 0.3) is 0 Å². The Morgan fingerprint density at radius 3 is 2.71 bits per heavy atom. The maximum atomic E-state index is 11.1. The van der Waals surface area contributed by atoms with Crippen molar-refractivity contribution in [3.63, 3.8) is 0 Å². The first kappa shape index (κ1) is 13.6. The van der Waals surface area contributed by atoms with Crippen LogP contribution in [0.1, 0.15) is 38.9 Å². The number of hydrogen-bond acceptors (Lipinski definition) is 5. The standard InChI is InChI=1S/C11H19N3O3/c1-5-6-8-12-9(17-13-8)7-14(4)11(2,3)10(15)16/h5-7H2,1-4H3,(H,15,16). The molecular formula is C11H19N3O3. The predicted molar refractivity (Wildman–Crippen MR) is 61.5 cm³/mol. The molecule has 1 heterocycles. The number of aromatic nitrogens is 2. The van der Waals surface area contributed by atoms with Crippen LogP contribution in [0.15, 0.2) is 4.52 Å². The molecule has 0 fully saturated rings. The average molecular weight is 241 g/mol. The molecule has 0 amide bonds. The van der Waals surface area contributed by atoms with E-state index in [9.17, 15) is 4.79 Å². The smallest absolute Gasteiger partial charge is 0.323 e. The molecule has 6 heteroatoms. The Bertz CT molecular complexity index is 387. The van der Waals surface area contributed by atoms with Gasteiger partial charge in [0, 0.05) is 6.42 Å². The van der Waals surface area contributed by atoms with Crippen molar-refractivity contribution >= 4 is 5.97 Å². The van der Waals surface area contributed by atoms with Gasteiger partial charge in [-0.15, -0.1) is 0 Å². The first-order valence-electron chi connectivity index (χ1n) is 5.64. The predicted octanol–water partition coefficient (Wildman–Crippen LogP) is 1.32. The van der Waals surface area contributed by atoms with E-state index >= 15 is 0 Å². The first-order chi connectivity index (χ1) is 7.87. The Kier molecular flexibility index (Phi) is 4.22. The van der Waals surface area contributed by atoms with Crippen LogP contribution in [-0.4, -0.2) is 38.7 Å². The maximum absolute atomic E-state index is 11.1. The molecule has 0 saturated heterocycles. The minimum absolute atomic E-state index is 0.329. The maximum Gasteiger partial charge on any atom is 0.323 e. The monoisotopic (exact) mass is 241 g/mol. The van der Waals surface area contributed by atoms with Crippen molar-refractivity contribution in [2.75, 3.05) is 7.05 Å². The van der Waals surface area contributed by atoms with E-state index in [0.717, 1.165) is 12.8 Å². The van der Waals surface area contributed by atoms with E-state index in [1.165, 1.54) is 0 Å². The lowest BCUT2D eigenvalue weighted by Crippen LogP contribution is -2.47. The Morgan fingerprint density at radius 2 is 2.18 bits per heavy atom. The highest BCUT2D eigenvalue weighted by molar-refractivity contribution is 5.77. The summed E-state index contributed by atoms with van der Waals surface area (Å²) in [6.45, 7) is 5.64. The van der Waals surface area contributed by atoms with Gasteiger partial charge in [0.05, 0.1) is 6.54 Å². The fraction of sp³-hybridized carbons (Fsp3) is 0.727. The lowest BCUT2D eigenvalue weighted by Gasteiger charge is -2.29. The van der Waals surface area contributed by atoms with Gasteiger partial charge >= 0.3 is 5.97 Å². The van der Waals surface area contributed by atoms with Crippen molar-refractivity contribution in [3.8, 4) is 0 Å². The summed E-state index contributed by atoms with van der Waals surface area (Å²) in [5, 5.41) is 12.9. The van der Waals surface area contributed by atoms with Gasteiger partial charge in [0.15, 0.2) is 5.82 Å². The highest BCUT2D eigenvalue weighted by atomic mass is 16.5. The molecule has 0 unspecified atom stereocenters. The number of likely N-dealkylation sites (N-methyl/N-ethyl adjacent to an activating group) is 1. The highest BCUT2D eigenvalue weighted by Crippen LogP contribution is 2.15. The molecule has 1 aromatic rings. The van der Waals surface area contributed by atoms with Gasteiger partial charge in [0.1, 0.15) is 5.54 Å². The van der Waals surface area contributed by atoms with Crippen LogP contribution in [0.5, 0.6) is 0 Å². The second-order valence-electron chi connectivity index (χ2n) is 4.57. The summed E-state index contributed by atoms with van der Waals surface area (Å²) in [4.78, 5) is 16.9. The molecule has 1 rings (SSSR count). The molecule has 96 valence electrons. The van der Waals surface area contributed by atoms with Crippen LogP contribution in [0.2, 0.25) is 0 Å². The number of aliphatic carboxylic acids is 1. The van der Waals surface area contributed by atoms with E-state index in [0.29, 0.717) is 18.3 Å². The molecule has 0 aliphatic heterocycles. The molecule has 17 heavy (non-hydrogen) atoms. The zero-order valence-electron chi connectivity index (χ0n) is 10.7. The third-order valence-electron chi connectivity index (χ3n) is 2.83. The van der Waals surface area contributed by atoms with Crippen molar-refractivity contribution in [2.24, 2.45) is 0 Å². The Labute approximate surface area is 101 Å². The van der Waals surface area contributed by atoms with Crippen molar-refractivity contribution in [2.45, 2.75) is 45.7 Å². The number of rotatable bonds is 6. The normalized spacial score (nSPS) is 12.1. The Balaban J connectivity index is 2.67. The number of carboxylic acids is 1. The Hall–Kier alpha value is -1.43. The van der Waals surface area contributed by atoms with Gasteiger partial charge in [-0.1, -0.05) is 12.1 Å². The van der Waals surface area contributed by atoms with Gasteiger partial charge in [0.2, 0.25) is 5.89 Å². The van der Waals surface area contributed by atoms with Crippen molar-refractivity contribution in [1.29, 1.82) is 0 Å². The lowest BCUT2D eigenvalue weighted by molar-refractivity contribution is -0.149. The average Bonchev–Trinajstić information content (AvgIpc) is 2.65. The van der Waals surface area contributed by atoms with Gasteiger partial charge < -0.3 is 9.63 Å². The SMILES string of the molecule is CCCc1noc(CN(C)C(C)(C)C(=O)O)n1. The first-order valence-corrected chi connectivity index (χ1v) is 5.64. The molecule has 6 nitrogen and oxygen atoms in total. The number of carboxylic acid groups (broad SMARTS) is 1. The van der Waals surface area contributed by atoms with Crippen LogP contribution in [0.3, 0.4) is 0 Å². The minimum Gasteiger partial charge on any atom is -0.480 e. The summed E-state index contributed by atoms with van der Waals surface area (Å²) < 4.78 is 5.07. The molecule has 1 N–H and O–H groups in total. The number of carbonyl (C=O) groups is 1. The summed E-state index contributed by atoms with van der Waals surface area (Å²) in [5.74, 6) is 0.239. The van der Waals surface area contributed by atoms with Gasteiger partial charge in [-0.05, 0) is 27.3 Å². The van der Waals surface area contributed by atoms with Crippen molar-refractivity contribution in [1.82, 2.24) is 15.0 Å². The van der Waals surface area contributed by atoms with Gasteiger partial charge in [-0.25, -0.2) is 0 Å². The van der Waals surface area contributed by atoms with Crippen molar-refractivity contribution < 1.29 is 14.4 Å². The second kappa shape index (κ2) is 5.27. The van der Waals surface area contributed by atoms with Gasteiger partial charge in [-0.2, -0.15) is 4.98 Å². The summed E-state index contributed by atoms with van der Waals surface area (Å²) >= 11 is 0. The Morgan fingerprint density at radius 1 is 1.53 bits per heavy atom. The minimum atomic E-state index is -0.959. The third kappa shape index (κ3) is 3.26. The lowest BCUT2D eigenvalue weighted by atomic mass is 10.0. The summed E-state index contributed by atoms with van der Waals surface area (Å²) in [5.41, 5.74) is -0.959. The van der Waals surface area contributed by atoms with Crippen LogP contribution in [0.4, 0.5) is 0 Å². The fourth-order valence-electron chi connectivity index (χ4n) is 1.24. The summed E-state index contributed by atoms with van der Waals surface area (Å²) in [7, 11) is 1.72. The van der Waals surface area contributed by atoms with E-state index in [1.54, 1.807) is 25.8 Å². The molecule has 1 aromatic heterocycles. The largest absolute Gasteiger partial charge is 0.480 e. The van der Waals surface area contributed by atoms with E-state index in [4.69, 9.17) is 9.63 Å². The second-order valence-corrected chi connectivity index (χ2v) is 4.57. The van der Waals surface area contributed by atoms with Crippen LogP contribution in [0, 0.1) is 0 Å². The number of hydrogen-bond donors (Lipinski definition) is 1. The van der Waals surface area contributed by atoms with Crippen LogP contribution >= 0.6 is 0 Å². The molecule has 0 spiro atoms. The molecular weight excluding hydrogens is 222 g/mol. The molecule has 0 bridgehead atoms. The molecule has 0 radical (unpaired) electrons. The van der Waals surface area contributed by atoms with E-state index < -0.39 is 11.5 Å². The van der Waals surface area contributed by atoms with E-state index in [-0.39, 0.29) is 0 Å². The topological polar surface area (TPSA) is 79.5 Å². The fourth-order valence-corrected chi connectivity index (χ4v) is 1.24. The molecule has 0 saturated carbocycles. The highest BCUT2D eigenvalue weighted by Gasteiger charge is 2.32. The molecule has 0 aliphatic carbocycles. The van der Waals surface area contributed by atoms with Crippen molar-refractivity contribution in [3.05, 3.63) is 11.7 Å². The quantitative estimate of drug-likeness (QED) is 0.809. The zero-order valence-corrected chi connectivity index (χ0v) is 10.7. The summed E-state index contributed by atoms with van der Waals surface area (Å²) in [6.07, 6.45) is 1.73. The van der Waals surface area contributed by atoms with Crippen LogP contribution in [-0.2, 0) is 17.8 Å². The summed E-state index contributed by atoms with van der Waals surface area (Å²) in [6, 6.07) is 0. The van der Waals surface area contributed by atoms with Gasteiger partial charge in [0.25, 0.3) is 0 Å². The third-order valence-corrected chi connectivity index (χ3v) is 2.83. The van der Waals surface area contributed by atoms with Gasteiger partial charge in [-0.3, -0.25) is 9.69 Å².